The van der Waals surface area contributed by atoms with E-state index in [1.807, 2.05) is 61.5 Å². The lowest BCUT2D eigenvalue weighted by molar-refractivity contribution is 0.0950. The van der Waals surface area contributed by atoms with Crippen molar-refractivity contribution in [2.75, 3.05) is 0 Å². The number of nitrogens with one attached hydrogen (secondary N) is 2. The Balaban J connectivity index is 1.43. The molecule has 3 aromatic carbocycles. The summed E-state index contributed by atoms with van der Waals surface area (Å²) in [6.07, 6.45) is 0. The molecule has 0 fully saturated rings. The van der Waals surface area contributed by atoms with Crippen molar-refractivity contribution in [1.29, 1.82) is 0 Å². The maximum atomic E-state index is 12.4. The van der Waals surface area contributed by atoms with E-state index in [9.17, 15) is 4.79 Å². The van der Waals surface area contributed by atoms with Crippen LogP contribution in [0.2, 0.25) is 5.02 Å². The lowest BCUT2D eigenvalue weighted by Gasteiger charge is -2.05. The van der Waals surface area contributed by atoms with Gasteiger partial charge in [0, 0.05) is 10.6 Å². The SMILES string of the molecule is C/C(=N/NC(=O)c1cc(-c2ccc(Cl)cc2)n[nH]1)c1ccc(-c2ccccc2)cc1. The average Bonchev–Trinajstić information content (AvgIpc) is 3.29. The lowest BCUT2D eigenvalue weighted by atomic mass is 10.0. The van der Waals surface area contributed by atoms with Gasteiger partial charge in [-0.3, -0.25) is 9.89 Å². The summed E-state index contributed by atoms with van der Waals surface area (Å²) in [6, 6.07) is 27.2. The number of hydrazone groups is 1. The highest BCUT2D eigenvalue weighted by molar-refractivity contribution is 6.30. The molecule has 0 aliphatic heterocycles. The van der Waals surface area contributed by atoms with E-state index >= 15 is 0 Å². The van der Waals surface area contributed by atoms with E-state index in [0.717, 1.165) is 22.3 Å². The van der Waals surface area contributed by atoms with Gasteiger partial charge >= 0.3 is 0 Å². The van der Waals surface area contributed by atoms with Crippen molar-refractivity contribution in [2.45, 2.75) is 6.92 Å². The first-order valence-electron chi connectivity index (χ1n) is 9.42. The highest BCUT2D eigenvalue weighted by atomic mass is 35.5. The number of nitrogens with zero attached hydrogens (tertiary/aromatic N) is 2. The average molecular weight is 415 g/mol. The van der Waals surface area contributed by atoms with E-state index in [4.69, 9.17) is 11.6 Å². The molecule has 0 spiro atoms. The van der Waals surface area contributed by atoms with E-state index in [2.05, 4.69) is 32.9 Å². The Morgan fingerprint density at radius 1 is 0.900 bits per heavy atom. The molecule has 0 radical (unpaired) electrons. The smallest absolute Gasteiger partial charge is 0.272 e. The molecule has 0 bridgehead atoms. The van der Waals surface area contributed by atoms with Crippen LogP contribution in [-0.2, 0) is 0 Å². The van der Waals surface area contributed by atoms with Crippen molar-refractivity contribution in [2.24, 2.45) is 5.10 Å². The first-order valence-corrected chi connectivity index (χ1v) is 9.80. The fourth-order valence-electron chi connectivity index (χ4n) is 3.00. The van der Waals surface area contributed by atoms with Crippen LogP contribution in [0.15, 0.2) is 90.0 Å². The third kappa shape index (κ3) is 4.47. The number of carbonyl (C=O) groups excluding carboxylic acids is 1. The Morgan fingerprint density at radius 3 is 2.23 bits per heavy atom. The number of hydrogen-bond donors (Lipinski definition) is 2. The zero-order valence-corrected chi connectivity index (χ0v) is 17.0. The van der Waals surface area contributed by atoms with Gasteiger partial charge in [0.15, 0.2) is 0 Å². The van der Waals surface area contributed by atoms with E-state index in [1.54, 1.807) is 18.2 Å². The van der Waals surface area contributed by atoms with Crippen LogP contribution in [0.1, 0.15) is 23.0 Å². The van der Waals surface area contributed by atoms with Crippen LogP contribution in [0.5, 0.6) is 0 Å². The molecule has 0 aliphatic carbocycles. The van der Waals surface area contributed by atoms with Crippen LogP contribution in [0.3, 0.4) is 0 Å². The molecular formula is C24H19ClN4O. The Morgan fingerprint density at radius 2 is 1.53 bits per heavy atom. The number of carbonyl (C=O) groups is 1. The maximum Gasteiger partial charge on any atom is 0.289 e. The van der Waals surface area contributed by atoms with Crippen molar-refractivity contribution in [3.63, 3.8) is 0 Å². The molecular weight excluding hydrogens is 396 g/mol. The van der Waals surface area contributed by atoms with Crippen LogP contribution in [0.25, 0.3) is 22.4 Å². The molecule has 4 rings (SSSR count). The number of amides is 1. The number of H-pyrrole nitrogens is 1. The summed E-state index contributed by atoms with van der Waals surface area (Å²) in [7, 11) is 0. The van der Waals surface area contributed by atoms with Gasteiger partial charge in [-0.2, -0.15) is 10.2 Å². The first kappa shape index (κ1) is 19.6. The summed E-state index contributed by atoms with van der Waals surface area (Å²) in [5.74, 6) is -0.358. The van der Waals surface area contributed by atoms with Crippen LogP contribution in [-0.4, -0.2) is 21.8 Å². The molecule has 0 saturated heterocycles. The maximum absolute atomic E-state index is 12.4. The molecule has 0 atom stereocenters. The van der Waals surface area contributed by atoms with Crippen LogP contribution >= 0.6 is 11.6 Å². The van der Waals surface area contributed by atoms with E-state index in [0.29, 0.717) is 22.1 Å². The predicted octanol–water partition coefficient (Wildman–Crippen LogP) is 5.55. The fourth-order valence-corrected chi connectivity index (χ4v) is 3.13. The zero-order valence-electron chi connectivity index (χ0n) is 16.3. The third-order valence-corrected chi connectivity index (χ3v) is 4.95. The molecule has 4 aromatic rings. The second kappa shape index (κ2) is 8.76. The van der Waals surface area contributed by atoms with Gasteiger partial charge < -0.3 is 0 Å². The number of halogens is 1. The second-order valence-corrected chi connectivity index (χ2v) is 7.19. The zero-order chi connectivity index (χ0) is 20.9. The van der Waals surface area contributed by atoms with Crippen molar-refractivity contribution in [3.8, 4) is 22.4 Å². The van der Waals surface area contributed by atoms with Gasteiger partial charge in [0.2, 0.25) is 0 Å². The van der Waals surface area contributed by atoms with E-state index < -0.39 is 0 Å². The number of benzene rings is 3. The summed E-state index contributed by atoms with van der Waals surface area (Å²) in [5.41, 5.74) is 8.36. The third-order valence-electron chi connectivity index (χ3n) is 4.70. The minimum Gasteiger partial charge on any atom is -0.272 e. The van der Waals surface area contributed by atoms with Gasteiger partial charge in [-0.05, 0) is 41.8 Å². The minimum absolute atomic E-state index is 0.330. The summed E-state index contributed by atoms with van der Waals surface area (Å²) in [6.45, 7) is 1.85. The molecule has 148 valence electrons. The van der Waals surface area contributed by atoms with Crippen molar-refractivity contribution >= 4 is 23.2 Å². The molecule has 1 heterocycles. The number of aromatic amines is 1. The molecule has 1 amide bonds. The Labute approximate surface area is 179 Å². The Kier molecular flexibility index (Phi) is 5.72. The molecule has 0 unspecified atom stereocenters. The summed E-state index contributed by atoms with van der Waals surface area (Å²) < 4.78 is 0. The van der Waals surface area contributed by atoms with Gasteiger partial charge in [-0.25, -0.2) is 5.43 Å². The van der Waals surface area contributed by atoms with Gasteiger partial charge in [0.1, 0.15) is 5.69 Å². The first-order chi connectivity index (χ1) is 14.6. The molecule has 5 nitrogen and oxygen atoms in total. The molecule has 6 heteroatoms. The monoisotopic (exact) mass is 414 g/mol. The largest absolute Gasteiger partial charge is 0.289 e. The van der Waals surface area contributed by atoms with Gasteiger partial charge in [-0.1, -0.05) is 78.3 Å². The van der Waals surface area contributed by atoms with E-state index in [-0.39, 0.29) is 5.91 Å². The topological polar surface area (TPSA) is 70.1 Å². The van der Waals surface area contributed by atoms with Crippen LogP contribution in [0, 0.1) is 0 Å². The Bertz CT molecular complexity index is 1180. The molecule has 0 aliphatic rings. The summed E-state index contributed by atoms with van der Waals surface area (Å²) in [4.78, 5) is 12.4. The van der Waals surface area contributed by atoms with Gasteiger partial charge in [-0.15, -0.1) is 0 Å². The molecule has 2 N–H and O–H groups in total. The quantitative estimate of drug-likeness (QED) is 0.332. The molecule has 1 aromatic heterocycles. The van der Waals surface area contributed by atoms with Crippen molar-refractivity contribution < 1.29 is 4.79 Å². The van der Waals surface area contributed by atoms with Crippen molar-refractivity contribution in [3.05, 3.63) is 101 Å². The lowest BCUT2D eigenvalue weighted by Crippen LogP contribution is -2.19. The van der Waals surface area contributed by atoms with E-state index in [1.165, 1.54) is 0 Å². The fraction of sp³-hybridized carbons (Fsp3) is 0.0417. The highest BCUT2D eigenvalue weighted by Gasteiger charge is 2.11. The van der Waals surface area contributed by atoms with Gasteiger partial charge in [0.25, 0.3) is 5.91 Å². The molecule has 0 saturated carbocycles. The standard InChI is InChI=1S/C24H19ClN4O/c1-16(17-7-9-19(10-8-17)18-5-3-2-4-6-18)26-29-24(30)23-15-22(27-28-23)20-11-13-21(25)14-12-20/h2-15H,1H3,(H,27,28)(H,29,30)/b26-16-. The second-order valence-electron chi connectivity index (χ2n) is 6.76. The van der Waals surface area contributed by atoms with Crippen molar-refractivity contribution in [1.82, 2.24) is 15.6 Å². The highest BCUT2D eigenvalue weighted by Crippen LogP contribution is 2.21. The summed E-state index contributed by atoms with van der Waals surface area (Å²) in [5, 5.41) is 11.8. The van der Waals surface area contributed by atoms with Gasteiger partial charge in [0.05, 0.1) is 11.4 Å². The van der Waals surface area contributed by atoms with Crippen LogP contribution < -0.4 is 5.43 Å². The Hall–Kier alpha value is -3.70. The molecule has 30 heavy (non-hydrogen) atoms. The summed E-state index contributed by atoms with van der Waals surface area (Å²) >= 11 is 5.91. The predicted molar refractivity (Wildman–Crippen MR) is 121 cm³/mol. The van der Waals surface area contributed by atoms with Crippen LogP contribution in [0.4, 0.5) is 0 Å². The normalized spacial score (nSPS) is 11.3. The number of hydrogen-bond acceptors (Lipinski definition) is 3. The number of rotatable bonds is 5. The number of aromatic nitrogens is 2. The minimum atomic E-state index is -0.358.